The summed E-state index contributed by atoms with van der Waals surface area (Å²) >= 11 is 0. The SMILES string of the molecule is COCCOCCOCCOC1CC(N2CCCC2)=C(C#N)/C(=C(\C#N)C(=O)OCC(COC(=O)/C(C#N)=C2\CC(OCCOCCOCCOC)CC(N3CCCC3)=C2C#N)COC(=O)/C(C#N)=C2\CC(OCCOCCOCCOC)CC(N3CCCC3)=C2C#N)C1. The molecule has 0 spiro atoms. The van der Waals surface area contributed by atoms with Crippen LogP contribution < -0.4 is 0 Å². The molecule has 94 heavy (non-hydrogen) atoms. The van der Waals surface area contributed by atoms with Crippen LogP contribution in [0.5, 0.6) is 0 Å². The first-order valence-electron chi connectivity index (χ1n) is 32.4. The maximum Gasteiger partial charge on any atom is 0.349 e. The molecule has 0 aromatic carbocycles. The zero-order valence-electron chi connectivity index (χ0n) is 54.8. The van der Waals surface area contributed by atoms with Gasteiger partial charge in [0.2, 0.25) is 0 Å². The van der Waals surface area contributed by atoms with Crippen LogP contribution in [0.3, 0.4) is 0 Å². The van der Waals surface area contributed by atoms with Gasteiger partial charge in [0.15, 0.2) is 0 Å². The van der Waals surface area contributed by atoms with Gasteiger partial charge >= 0.3 is 17.9 Å². The first-order chi connectivity index (χ1) is 46.1. The molecule has 0 amide bonds. The van der Waals surface area contributed by atoms with Crippen LogP contribution in [-0.2, 0) is 85.4 Å². The van der Waals surface area contributed by atoms with E-state index < -0.39 is 78.7 Å². The van der Waals surface area contributed by atoms with Gasteiger partial charge < -0.3 is 85.8 Å². The highest BCUT2D eigenvalue weighted by atomic mass is 16.6. The van der Waals surface area contributed by atoms with Crippen LogP contribution in [0.2, 0.25) is 0 Å². The second-order valence-electron chi connectivity index (χ2n) is 22.8. The van der Waals surface area contributed by atoms with Gasteiger partial charge in [-0.25, -0.2) is 14.4 Å². The van der Waals surface area contributed by atoms with E-state index in [0.29, 0.717) is 155 Å². The number of esters is 3. The van der Waals surface area contributed by atoms with Crippen LogP contribution in [0, 0.1) is 73.9 Å². The van der Waals surface area contributed by atoms with E-state index in [2.05, 4.69) is 32.9 Å². The molecule has 27 nitrogen and oxygen atoms in total. The van der Waals surface area contributed by atoms with Crippen LogP contribution in [0.1, 0.15) is 77.0 Å². The quantitative estimate of drug-likeness (QED) is 0.0258. The highest BCUT2D eigenvalue weighted by Crippen LogP contribution is 2.40. The van der Waals surface area contributed by atoms with Gasteiger partial charge in [0, 0.05) is 116 Å². The number of nitrogens with zero attached hydrogens (tertiary/aromatic N) is 9. The van der Waals surface area contributed by atoms with E-state index >= 15 is 0 Å². The van der Waals surface area contributed by atoms with Crippen molar-refractivity contribution in [3.63, 3.8) is 0 Å². The average molecular weight is 1310 g/mol. The van der Waals surface area contributed by atoms with Crippen molar-refractivity contribution in [2.45, 2.75) is 95.4 Å². The molecule has 3 fully saturated rings. The second-order valence-corrected chi connectivity index (χ2v) is 22.8. The Hall–Kier alpha value is -7.29. The van der Waals surface area contributed by atoms with Gasteiger partial charge in [-0.1, -0.05) is 0 Å². The minimum Gasteiger partial charge on any atom is -0.461 e. The maximum absolute atomic E-state index is 14.4. The lowest BCUT2D eigenvalue weighted by Crippen LogP contribution is -2.32. The molecule has 6 aliphatic rings. The summed E-state index contributed by atoms with van der Waals surface area (Å²) in [5, 5.41) is 64.4. The number of allylic oxidation sites excluding steroid dienone is 3. The Morgan fingerprint density at radius 2 is 0.596 bits per heavy atom. The van der Waals surface area contributed by atoms with E-state index in [4.69, 9.17) is 71.1 Å². The van der Waals surface area contributed by atoms with Gasteiger partial charge in [-0.05, 0) is 55.2 Å². The second kappa shape index (κ2) is 43.6. The molecule has 0 radical (unpaired) electrons. The van der Waals surface area contributed by atoms with Gasteiger partial charge in [0.05, 0.1) is 160 Å². The van der Waals surface area contributed by atoms with Crippen LogP contribution >= 0.6 is 0 Å². The highest BCUT2D eigenvalue weighted by Gasteiger charge is 2.38. The molecule has 27 heteroatoms. The standard InChI is InChI=1S/C67H91N9O18/c1-80-16-19-83-22-25-86-28-31-89-50-34-53(56(40-68)62(37-50)74-10-4-5-11-74)59(43-71)65(77)92-46-49(47-93-66(78)60(44-72)54-35-51(90-32-29-87-26-23-84-20-17-81-2)38-63(57(54)41-69)75-12-6-7-13-75)48-94-67(79)61(45-73)55-36-52(91-33-30-88-27-24-85-21-18-82-3)39-64(58(55)42-70)76-14-8-9-15-76/h49-52H,4-39,46-48H2,1-3H3/b59-53+,60-54+,61-55+. The van der Waals surface area contributed by atoms with Gasteiger partial charge in [-0.2, -0.15) is 31.6 Å². The van der Waals surface area contributed by atoms with Crippen molar-refractivity contribution < 1.29 is 85.4 Å². The number of ether oxygens (including phenoxy) is 15. The van der Waals surface area contributed by atoms with Crippen molar-refractivity contribution >= 4 is 17.9 Å². The van der Waals surface area contributed by atoms with Crippen molar-refractivity contribution in [2.75, 3.05) is 199 Å². The van der Waals surface area contributed by atoms with Crippen molar-refractivity contribution in [3.8, 4) is 36.4 Å². The Kier molecular flexibility index (Phi) is 35.2. The molecule has 0 aromatic heterocycles. The number of likely N-dealkylation sites (tertiary alicyclic amines) is 3. The zero-order valence-corrected chi connectivity index (χ0v) is 54.8. The molecule has 0 bridgehead atoms. The molecule has 3 aliphatic heterocycles. The summed E-state index contributed by atoms with van der Waals surface area (Å²) in [5.41, 5.74) is 1.28. The number of nitriles is 6. The Balaban J connectivity index is 1.27. The van der Waals surface area contributed by atoms with Crippen LogP contribution in [-0.4, -0.2) is 250 Å². The normalized spacial score (nSPS) is 21.0. The predicted molar refractivity (Wildman–Crippen MR) is 332 cm³/mol. The summed E-state index contributed by atoms with van der Waals surface area (Å²) in [6.45, 7) is 7.77. The molecule has 3 unspecified atom stereocenters. The lowest BCUT2D eigenvalue weighted by molar-refractivity contribution is -0.148. The van der Waals surface area contributed by atoms with Crippen molar-refractivity contribution in [2.24, 2.45) is 5.92 Å². The zero-order chi connectivity index (χ0) is 67.1. The molecule has 0 N–H and O–H groups in total. The third-order valence-electron chi connectivity index (χ3n) is 16.5. The first-order valence-corrected chi connectivity index (χ1v) is 32.4. The topological polar surface area (TPSA) is 342 Å². The number of hydrogen-bond acceptors (Lipinski definition) is 27. The first kappa shape index (κ1) is 75.7. The minimum absolute atomic E-state index is 0.00102. The molecule has 3 heterocycles. The summed E-state index contributed by atoms with van der Waals surface area (Å²) in [6.07, 6.45) is 4.57. The summed E-state index contributed by atoms with van der Waals surface area (Å²) < 4.78 is 85.0. The molecule has 6 rings (SSSR count). The Labute approximate surface area is 551 Å². The third-order valence-corrected chi connectivity index (χ3v) is 16.5. The van der Waals surface area contributed by atoms with E-state index in [1.54, 1.807) is 21.3 Å². The van der Waals surface area contributed by atoms with Gasteiger partial charge in [0.25, 0.3) is 0 Å². The van der Waals surface area contributed by atoms with Crippen molar-refractivity contribution in [3.05, 3.63) is 67.2 Å². The van der Waals surface area contributed by atoms with E-state index in [1.165, 1.54) is 0 Å². The predicted octanol–water partition coefficient (Wildman–Crippen LogP) is 4.89. The number of methoxy groups -OCH3 is 3. The molecule has 0 aromatic rings. The lowest BCUT2D eigenvalue weighted by atomic mass is 9.86. The van der Waals surface area contributed by atoms with Gasteiger partial charge in [-0.3, -0.25) is 0 Å². The van der Waals surface area contributed by atoms with Crippen molar-refractivity contribution in [1.29, 1.82) is 31.6 Å². The lowest BCUT2D eigenvalue weighted by Gasteiger charge is -2.33. The fourth-order valence-electron chi connectivity index (χ4n) is 11.8. The van der Waals surface area contributed by atoms with Crippen molar-refractivity contribution in [1.82, 2.24) is 14.7 Å². The van der Waals surface area contributed by atoms with Gasteiger partial charge in [0.1, 0.15) is 73.0 Å². The molecule has 3 aliphatic carbocycles. The van der Waals surface area contributed by atoms with Gasteiger partial charge in [-0.15, -0.1) is 0 Å². The Bertz CT molecular complexity index is 2630. The number of carbonyl (C=O) groups excluding carboxylic acids is 3. The number of hydrogen-bond donors (Lipinski definition) is 0. The third kappa shape index (κ3) is 23.9. The molecule has 0 saturated carbocycles. The van der Waals surface area contributed by atoms with E-state index in [0.717, 1.165) is 38.5 Å². The highest BCUT2D eigenvalue weighted by molar-refractivity contribution is 5.96. The molecular formula is C67H91N9O18. The summed E-state index contributed by atoms with van der Waals surface area (Å²) in [4.78, 5) is 49.5. The minimum atomic E-state index is -1.23. The molecule has 3 saturated heterocycles. The van der Waals surface area contributed by atoms with E-state index in [9.17, 15) is 46.0 Å². The fraction of sp³-hybridized carbons (Fsp3) is 0.687. The largest absolute Gasteiger partial charge is 0.461 e. The monoisotopic (exact) mass is 1310 g/mol. The van der Waals surface area contributed by atoms with Crippen LogP contribution in [0.15, 0.2) is 67.2 Å². The molecule has 3 atom stereocenters. The molecular weight excluding hydrogens is 1220 g/mol. The van der Waals surface area contributed by atoms with Crippen LogP contribution in [0.4, 0.5) is 0 Å². The fourth-order valence-corrected chi connectivity index (χ4v) is 11.8. The maximum atomic E-state index is 14.4. The number of rotatable bonds is 42. The Morgan fingerprint density at radius 3 is 0.819 bits per heavy atom. The van der Waals surface area contributed by atoms with E-state index in [-0.39, 0.29) is 92.3 Å². The summed E-state index contributed by atoms with van der Waals surface area (Å²) in [5.74, 6) is -4.63. The van der Waals surface area contributed by atoms with Crippen LogP contribution in [0.25, 0.3) is 0 Å². The number of carbonyl (C=O) groups is 3. The summed E-state index contributed by atoms with van der Waals surface area (Å²) in [6, 6.07) is 12.7. The Morgan fingerprint density at radius 1 is 0.362 bits per heavy atom. The van der Waals surface area contributed by atoms with E-state index in [1.807, 2.05) is 18.2 Å². The average Bonchev–Trinajstić information content (AvgIpc) is 1.16. The smallest absolute Gasteiger partial charge is 0.349 e. The molecule has 512 valence electrons. The summed E-state index contributed by atoms with van der Waals surface area (Å²) in [7, 11) is 4.76.